The first kappa shape index (κ1) is 25.4. The molecular formula is C27H31ClN2O5S. The van der Waals surface area contributed by atoms with E-state index in [0.717, 1.165) is 5.56 Å². The van der Waals surface area contributed by atoms with Crippen LogP contribution in [0, 0.1) is 18.8 Å². The summed E-state index contributed by atoms with van der Waals surface area (Å²) in [5, 5.41) is 9.82. The van der Waals surface area contributed by atoms with Gasteiger partial charge in [-0.25, -0.2) is 0 Å². The molecule has 1 N–H and O–H groups in total. The molecule has 1 unspecified atom stereocenters. The molecule has 0 aromatic heterocycles. The first-order valence-corrected chi connectivity index (χ1v) is 13.6. The van der Waals surface area contributed by atoms with Crippen LogP contribution in [0.5, 0.6) is 0 Å². The molecule has 2 fully saturated rings. The van der Waals surface area contributed by atoms with Crippen molar-refractivity contribution < 1.29 is 24.2 Å². The monoisotopic (exact) mass is 530 g/mol. The zero-order valence-corrected chi connectivity index (χ0v) is 22.1. The zero-order valence-electron chi connectivity index (χ0n) is 20.5. The van der Waals surface area contributed by atoms with Gasteiger partial charge in [0.25, 0.3) is 5.91 Å². The number of cyclic esters (lactones) is 1. The number of carbonyl (C=O) groups excluding carboxylic acids is 3. The summed E-state index contributed by atoms with van der Waals surface area (Å²) in [5.74, 6) is -2.23. The van der Waals surface area contributed by atoms with Gasteiger partial charge in [0.05, 0.1) is 33.9 Å². The van der Waals surface area contributed by atoms with Gasteiger partial charge >= 0.3 is 5.97 Å². The quantitative estimate of drug-likeness (QED) is 0.356. The van der Waals surface area contributed by atoms with E-state index in [2.05, 4.69) is 0 Å². The molecule has 1 aromatic rings. The lowest BCUT2D eigenvalue weighted by Crippen LogP contribution is -2.53. The minimum Gasteiger partial charge on any atom is -0.465 e. The predicted molar refractivity (Wildman–Crippen MR) is 140 cm³/mol. The Labute approximate surface area is 220 Å². The molecule has 1 spiro atoms. The fraction of sp³-hybridized carbons (Fsp3) is 0.519. The maximum Gasteiger partial charge on any atom is 0.311 e. The maximum atomic E-state index is 14.4. The molecule has 0 saturated carbocycles. The lowest BCUT2D eigenvalue weighted by Gasteiger charge is -2.37. The van der Waals surface area contributed by atoms with Gasteiger partial charge in [-0.3, -0.25) is 14.4 Å². The van der Waals surface area contributed by atoms with Gasteiger partial charge in [0.15, 0.2) is 0 Å². The third kappa shape index (κ3) is 3.80. The Balaban J connectivity index is 1.65. The summed E-state index contributed by atoms with van der Waals surface area (Å²) in [6.07, 6.45) is 9.64. The van der Waals surface area contributed by atoms with Crippen LogP contribution in [0.2, 0.25) is 5.02 Å². The van der Waals surface area contributed by atoms with Crippen LogP contribution in [0.3, 0.4) is 0 Å². The highest BCUT2D eigenvalue weighted by Gasteiger charge is 2.73. The Morgan fingerprint density at radius 1 is 1.14 bits per heavy atom. The average molecular weight is 531 g/mol. The number of anilines is 1. The van der Waals surface area contributed by atoms with Crippen molar-refractivity contribution in [1.29, 1.82) is 0 Å². The maximum absolute atomic E-state index is 14.4. The molecule has 4 aliphatic heterocycles. The number of thioether (sulfide) groups is 1. The molecule has 5 rings (SSSR count). The fourth-order valence-electron chi connectivity index (χ4n) is 6.29. The molecule has 4 aliphatic rings. The van der Waals surface area contributed by atoms with E-state index in [1.807, 2.05) is 50.3 Å². The first-order valence-electron chi connectivity index (χ1n) is 12.5. The van der Waals surface area contributed by atoms with E-state index in [9.17, 15) is 19.5 Å². The second kappa shape index (κ2) is 9.54. The van der Waals surface area contributed by atoms with E-state index in [4.69, 9.17) is 16.3 Å². The second-order valence-electron chi connectivity index (χ2n) is 10.1. The number of aliphatic hydroxyl groups is 1. The Morgan fingerprint density at radius 2 is 1.94 bits per heavy atom. The van der Waals surface area contributed by atoms with Crippen LogP contribution in [-0.4, -0.2) is 69.6 Å². The molecule has 2 saturated heterocycles. The summed E-state index contributed by atoms with van der Waals surface area (Å²) in [7, 11) is 0. The third-order valence-electron chi connectivity index (χ3n) is 7.79. The van der Waals surface area contributed by atoms with Crippen LogP contribution in [0.15, 0.2) is 42.5 Å². The number of para-hydroxylation sites is 1. The van der Waals surface area contributed by atoms with Crippen molar-refractivity contribution in [1.82, 2.24) is 4.90 Å². The number of unbranched alkanes of at least 4 members (excludes halogenated alkanes) is 1. The second-order valence-corrected chi connectivity index (χ2v) is 12.3. The van der Waals surface area contributed by atoms with Crippen molar-refractivity contribution in [2.24, 2.45) is 11.8 Å². The van der Waals surface area contributed by atoms with Crippen molar-refractivity contribution in [2.45, 2.75) is 48.6 Å². The van der Waals surface area contributed by atoms with Crippen molar-refractivity contribution in [3.63, 3.8) is 0 Å². The van der Waals surface area contributed by atoms with Gasteiger partial charge in [0, 0.05) is 24.4 Å². The molecule has 0 aliphatic carbocycles. The number of likely N-dealkylation sites (tertiary alicyclic amines) is 1. The molecule has 4 heterocycles. The van der Waals surface area contributed by atoms with Crippen LogP contribution in [0.25, 0.3) is 0 Å². The summed E-state index contributed by atoms with van der Waals surface area (Å²) in [5.41, 5.74) is 1.50. The van der Waals surface area contributed by atoms with Gasteiger partial charge < -0.3 is 19.6 Å². The Morgan fingerprint density at radius 3 is 2.69 bits per heavy atom. The van der Waals surface area contributed by atoms with E-state index < -0.39 is 27.4 Å². The normalized spacial score (nSPS) is 33.6. The number of ether oxygens (including phenoxy) is 1. The number of aliphatic hydroxyl groups excluding tert-OH is 1. The van der Waals surface area contributed by atoms with Crippen molar-refractivity contribution in [3.8, 4) is 0 Å². The highest BCUT2D eigenvalue weighted by Crippen LogP contribution is 2.65. The van der Waals surface area contributed by atoms with Gasteiger partial charge in [-0.2, -0.15) is 0 Å². The van der Waals surface area contributed by atoms with Crippen molar-refractivity contribution >= 4 is 46.8 Å². The summed E-state index contributed by atoms with van der Waals surface area (Å²) in [4.78, 5) is 45.1. The molecule has 192 valence electrons. The molecule has 2 amide bonds. The minimum atomic E-state index is -0.926. The first-order chi connectivity index (χ1) is 17.2. The van der Waals surface area contributed by atoms with Gasteiger partial charge in [0.2, 0.25) is 5.91 Å². The van der Waals surface area contributed by atoms with Gasteiger partial charge in [0.1, 0.15) is 6.04 Å². The highest BCUT2D eigenvalue weighted by molar-refractivity contribution is 8.02. The van der Waals surface area contributed by atoms with Gasteiger partial charge in [-0.05, 0) is 44.7 Å². The Bertz CT molecular complexity index is 1130. The number of carbonyl (C=O) groups is 3. The lowest BCUT2D eigenvalue weighted by molar-refractivity contribution is -0.154. The van der Waals surface area contributed by atoms with Gasteiger partial charge in [-0.15, -0.1) is 11.8 Å². The van der Waals surface area contributed by atoms with Crippen LogP contribution in [-0.2, 0) is 19.1 Å². The molecule has 36 heavy (non-hydrogen) atoms. The third-order valence-corrected chi connectivity index (χ3v) is 9.89. The van der Waals surface area contributed by atoms with E-state index in [0.29, 0.717) is 43.1 Å². The minimum absolute atomic E-state index is 0.00657. The van der Waals surface area contributed by atoms with E-state index >= 15 is 0 Å². The number of fused-ring (bicyclic) bond motifs is 2. The zero-order chi connectivity index (χ0) is 25.7. The van der Waals surface area contributed by atoms with Gasteiger partial charge in [-0.1, -0.05) is 48.0 Å². The summed E-state index contributed by atoms with van der Waals surface area (Å²) < 4.78 is 3.95. The lowest BCUT2D eigenvalue weighted by atomic mass is 9.74. The summed E-state index contributed by atoms with van der Waals surface area (Å²) >= 11 is 8.10. The summed E-state index contributed by atoms with van der Waals surface area (Å²) in [6.45, 7) is 4.80. The molecular weight excluding hydrogens is 500 g/mol. The van der Waals surface area contributed by atoms with E-state index in [1.54, 1.807) is 15.9 Å². The molecule has 0 bridgehead atoms. The Kier molecular flexibility index (Phi) is 6.72. The number of halogens is 1. The molecule has 0 radical (unpaired) electrons. The van der Waals surface area contributed by atoms with Crippen LogP contribution >= 0.6 is 23.4 Å². The van der Waals surface area contributed by atoms with Crippen LogP contribution < -0.4 is 4.90 Å². The van der Waals surface area contributed by atoms with E-state index in [1.165, 1.54) is 11.8 Å². The number of esters is 1. The van der Waals surface area contributed by atoms with E-state index in [-0.39, 0.29) is 31.0 Å². The smallest absolute Gasteiger partial charge is 0.311 e. The fourth-order valence-corrected chi connectivity index (χ4v) is 8.76. The molecule has 7 nitrogen and oxygen atoms in total. The molecule has 1 aromatic carbocycles. The topological polar surface area (TPSA) is 87.2 Å². The average Bonchev–Trinajstić information content (AvgIpc) is 3.14. The largest absolute Gasteiger partial charge is 0.465 e. The number of aryl methyl sites for hydroxylation is 1. The molecule has 9 heteroatoms. The number of nitrogens with zero attached hydrogens (tertiary/aromatic N) is 2. The van der Waals surface area contributed by atoms with Crippen molar-refractivity contribution in [3.05, 3.63) is 53.1 Å². The number of hydrogen-bond donors (Lipinski definition) is 1. The standard InChI is InChI=1S/C27H31ClN2O5S/c1-17-9-7-10-18(28)21(17)29-14-8-12-27-19(20-25(34)35-16-6-3-11-26(20,2)36-27)23(32)30(13-4-5-15-31)22(27)24(29)33/h3,7-12,19-20,22,31H,4-6,13-16H2,1-2H3/t19-,20+,22?,26-,27-/m0/s1. The van der Waals surface area contributed by atoms with Crippen LogP contribution in [0.1, 0.15) is 31.7 Å². The number of benzene rings is 1. The Hall–Kier alpha value is -2.29. The van der Waals surface area contributed by atoms with Crippen molar-refractivity contribution in [2.75, 3.05) is 31.2 Å². The highest BCUT2D eigenvalue weighted by atomic mass is 35.5. The number of hydrogen-bond acceptors (Lipinski definition) is 6. The molecule has 5 atom stereocenters. The van der Waals surface area contributed by atoms with Crippen LogP contribution in [0.4, 0.5) is 5.69 Å². The number of rotatable bonds is 5. The number of amides is 2. The SMILES string of the molecule is Cc1cccc(Cl)c1N1CC=C[C@]23S[C@@]4(C)C=CCCOC(=O)[C@H]4[C@H]2C(=O)N(CCCCO)C3C1=O. The predicted octanol–water partition coefficient (Wildman–Crippen LogP) is 3.51. The summed E-state index contributed by atoms with van der Waals surface area (Å²) in [6, 6.07) is 4.71.